The van der Waals surface area contributed by atoms with Gasteiger partial charge in [-0.15, -0.1) is 13.2 Å². The lowest BCUT2D eigenvalue weighted by Crippen LogP contribution is -2.44. The van der Waals surface area contributed by atoms with E-state index >= 15 is 0 Å². The van der Waals surface area contributed by atoms with E-state index in [0.29, 0.717) is 43.8 Å². The first-order chi connectivity index (χ1) is 21.7. The van der Waals surface area contributed by atoms with Crippen molar-refractivity contribution in [3.63, 3.8) is 0 Å². The zero-order chi connectivity index (χ0) is 33.7. The molecule has 0 amide bonds. The van der Waals surface area contributed by atoms with Gasteiger partial charge in [-0.25, -0.2) is 9.78 Å². The number of nitrogens with two attached hydrogens (primary N) is 2. The molecule has 4 N–H and O–H groups in total. The topological polar surface area (TPSA) is 158 Å². The van der Waals surface area contributed by atoms with E-state index in [1.54, 1.807) is 24.8 Å². The van der Waals surface area contributed by atoms with Gasteiger partial charge in [-0.1, -0.05) is 19.1 Å². The molecule has 0 saturated carbocycles. The molecule has 0 aliphatic rings. The molecule has 2 atom stereocenters. The van der Waals surface area contributed by atoms with E-state index in [9.17, 15) is 22.8 Å². The molecule has 0 bridgehead atoms. The van der Waals surface area contributed by atoms with Gasteiger partial charge in [0.2, 0.25) is 5.88 Å². The molecule has 2 unspecified atom stereocenters. The van der Waals surface area contributed by atoms with Crippen LogP contribution in [0.2, 0.25) is 0 Å². The second-order valence-corrected chi connectivity index (χ2v) is 12.3. The molecule has 0 saturated heterocycles. The van der Waals surface area contributed by atoms with Gasteiger partial charge in [0.25, 0.3) is 0 Å². The summed E-state index contributed by atoms with van der Waals surface area (Å²) in [5.74, 6) is 0.554. The lowest BCUT2D eigenvalue weighted by molar-refractivity contribution is -0.274. The van der Waals surface area contributed by atoms with Gasteiger partial charge in [0, 0.05) is 40.7 Å². The number of fused-ring (bicyclic) bond motifs is 1. The number of pyridine rings is 1. The van der Waals surface area contributed by atoms with Gasteiger partial charge < -0.3 is 39.6 Å². The Morgan fingerprint density at radius 1 is 1.00 bits per heavy atom. The Balaban J connectivity index is 1.26. The number of ether oxygens (including phenoxy) is 5. The molecular formula is C31H40F3N3O8S. The van der Waals surface area contributed by atoms with Gasteiger partial charge in [0.05, 0.1) is 37.9 Å². The van der Waals surface area contributed by atoms with Crippen molar-refractivity contribution >= 4 is 28.7 Å². The highest BCUT2D eigenvalue weighted by Gasteiger charge is 2.31. The highest BCUT2D eigenvalue weighted by atomic mass is 32.2. The van der Waals surface area contributed by atoms with E-state index in [4.69, 9.17) is 34.8 Å². The smallest absolute Gasteiger partial charge is 0.475 e. The molecule has 3 aromatic rings. The van der Waals surface area contributed by atoms with Crippen LogP contribution in [0.3, 0.4) is 0 Å². The first-order valence-corrected chi connectivity index (χ1v) is 15.7. The Labute approximate surface area is 269 Å². The molecule has 254 valence electrons. The van der Waals surface area contributed by atoms with Crippen LogP contribution >= 0.6 is 11.8 Å². The number of alkyl halides is 3. The number of benzene rings is 1. The fourth-order valence-electron chi connectivity index (χ4n) is 4.15. The number of nitrogens with zero attached hydrogens (tertiary/aromatic N) is 1. The number of carbonyl (C=O) groups excluding carboxylic acids is 1. The minimum absolute atomic E-state index is 0.163. The lowest BCUT2D eigenvalue weighted by Gasteiger charge is -2.26. The average Bonchev–Trinajstić information content (AvgIpc) is 2.97. The van der Waals surface area contributed by atoms with Gasteiger partial charge in [-0.05, 0) is 44.0 Å². The molecule has 0 fully saturated rings. The maximum atomic E-state index is 12.5. The maximum Gasteiger partial charge on any atom is 0.573 e. The fourth-order valence-corrected chi connectivity index (χ4v) is 4.83. The van der Waals surface area contributed by atoms with Crippen molar-refractivity contribution in [2.75, 3.05) is 51.1 Å². The van der Waals surface area contributed by atoms with E-state index in [1.807, 2.05) is 13.8 Å². The minimum atomic E-state index is -4.81. The van der Waals surface area contributed by atoms with Crippen molar-refractivity contribution in [1.29, 1.82) is 0 Å². The molecule has 3 rings (SSSR count). The van der Waals surface area contributed by atoms with Crippen LogP contribution < -0.4 is 26.6 Å². The fraction of sp³-hybridized carbons (Fsp3) is 0.516. The van der Waals surface area contributed by atoms with Crippen LogP contribution in [0.25, 0.3) is 22.1 Å². The number of halogens is 3. The van der Waals surface area contributed by atoms with E-state index in [-0.39, 0.29) is 42.3 Å². The minimum Gasteiger partial charge on any atom is -0.475 e. The van der Waals surface area contributed by atoms with Gasteiger partial charge in [0.1, 0.15) is 24.5 Å². The number of thioether (sulfide) groups is 1. The second-order valence-electron chi connectivity index (χ2n) is 11.1. The predicted molar refractivity (Wildman–Crippen MR) is 168 cm³/mol. The van der Waals surface area contributed by atoms with E-state index in [1.165, 1.54) is 24.4 Å². The van der Waals surface area contributed by atoms with Crippen LogP contribution in [-0.2, 0) is 19.0 Å². The van der Waals surface area contributed by atoms with Crippen molar-refractivity contribution in [1.82, 2.24) is 4.98 Å². The number of hydrogen-bond acceptors (Lipinski definition) is 12. The highest BCUT2D eigenvalue weighted by molar-refractivity contribution is 7.99. The summed E-state index contributed by atoms with van der Waals surface area (Å²) in [7, 11) is 0. The average molecular weight is 672 g/mol. The largest absolute Gasteiger partial charge is 0.573 e. The third kappa shape index (κ3) is 13.2. The number of aromatic nitrogens is 1. The van der Waals surface area contributed by atoms with Gasteiger partial charge >= 0.3 is 18.0 Å². The maximum absolute atomic E-state index is 12.5. The standard InChI is InChI=1S/C31H40F3N3O8S/c1-20(25(35)18-30(2,3)36)28(38)43-11-9-41-13-15-46-14-12-40-8-10-42-27-17-26-22(19-37-27)16-24(29(39)44-26)21-4-6-23(7-5-21)45-31(32,33)34/h4-7,16-17,19-20,25H,8-15,18,35-36H2,1-3H3. The molecule has 0 aliphatic carbocycles. The van der Waals surface area contributed by atoms with Crippen LogP contribution in [0.15, 0.2) is 51.8 Å². The lowest BCUT2D eigenvalue weighted by atomic mass is 9.90. The van der Waals surface area contributed by atoms with Gasteiger partial charge in [-0.3, -0.25) is 4.79 Å². The number of rotatable bonds is 19. The van der Waals surface area contributed by atoms with Crippen molar-refractivity contribution < 1.29 is 46.1 Å². The Bertz CT molecular complexity index is 1450. The summed E-state index contributed by atoms with van der Waals surface area (Å²) in [6.45, 7) is 7.50. The first-order valence-electron chi connectivity index (χ1n) is 14.6. The summed E-state index contributed by atoms with van der Waals surface area (Å²) in [6, 6.07) is 7.56. The van der Waals surface area contributed by atoms with Crippen molar-refractivity contribution in [2.45, 2.75) is 45.1 Å². The molecule has 1 aromatic carbocycles. The number of hydrogen-bond donors (Lipinski definition) is 2. The predicted octanol–water partition coefficient (Wildman–Crippen LogP) is 4.53. The summed E-state index contributed by atoms with van der Waals surface area (Å²) in [5.41, 5.74) is 11.7. The van der Waals surface area contributed by atoms with Crippen molar-refractivity contribution in [3.05, 3.63) is 53.0 Å². The Morgan fingerprint density at radius 3 is 2.28 bits per heavy atom. The third-order valence-electron chi connectivity index (χ3n) is 6.46. The Hall–Kier alpha value is -3.37. The molecule has 46 heavy (non-hydrogen) atoms. The number of carbonyl (C=O) groups is 1. The SMILES string of the molecule is CC(C(=O)OCCOCCSCCOCCOc1cc2oc(=O)c(-c3ccc(OC(F)(F)F)cc3)cc2cn1)C(N)CC(C)(C)N. The van der Waals surface area contributed by atoms with Gasteiger partial charge in [0.15, 0.2) is 0 Å². The van der Waals surface area contributed by atoms with Crippen molar-refractivity contribution in [3.8, 4) is 22.8 Å². The van der Waals surface area contributed by atoms with E-state index < -0.39 is 29.2 Å². The Morgan fingerprint density at radius 2 is 1.65 bits per heavy atom. The molecule has 2 heterocycles. The normalized spacial score (nSPS) is 13.4. The third-order valence-corrected chi connectivity index (χ3v) is 7.37. The molecule has 0 radical (unpaired) electrons. The van der Waals surface area contributed by atoms with E-state index in [0.717, 1.165) is 23.6 Å². The number of esters is 1. The molecule has 2 aromatic heterocycles. The second kappa shape index (κ2) is 17.5. The summed E-state index contributed by atoms with van der Waals surface area (Å²) in [6.07, 6.45) is -2.82. The monoisotopic (exact) mass is 671 g/mol. The Kier molecular flexibility index (Phi) is 14.1. The molecule has 15 heteroatoms. The van der Waals surface area contributed by atoms with Gasteiger partial charge in [-0.2, -0.15) is 11.8 Å². The summed E-state index contributed by atoms with van der Waals surface area (Å²) < 4.78 is 68.3. The molecule has 0 spiro atoms. The summed E-state index contributed by atoms with van der Waals surface area (Å²) in [5, 5.41) is 0.512. The molecular weight excluding hydrogens is 631 g/mol. The van der Waals surface area contributed by atoms with Crippen LogP contribution in [0.1, 0.15) is 27.2 Å². The highest BCUT2D eigenvalue weighted by Crippen LogP contribution is 2.27. The zero-order valence-corrected chi connectivity index (χ0v) is 26.8. The van der Waals surface area contributed by atoms with Crippen LogP contribution in [-0.4, -0.2) is 80.0 Å². The summed E-state index contributed by atoms with van der Waals surface area (Å²) in [4.78, 5) is 28.9. The molecule has 0 aliphatic heterocycles. The van der Waals surface area contributed by atoms with E-state index in [2.05, 4.69) is 9.72 Å². The van der Waals surface area contributed by atoms with Crippen molar-refractivity contribution in [2.24, 2.45) is 17.4 Å². The van der Waals surface area contributed by atoms with Crippen LogP contribution in [0.5, 0.6) is 11.6 Å². The summed E-state index contributed by atoms with van der Waals surface area (Å²) >= 11 is 1.66. The zero-order valence-electron chi connectivity index (χ0n) is 26.0. The quantitative estimate of drug-likeness (QED) is 0.136. The van der Waals surface area contributed by atoms with Crippen LogP contribution in [0, 0.1) is 5.92 Å². The first kappa shape index (κ1) is 37.1. The van der Waals surface area contributed by atoms with Crippen LogP contribution in [0.4, 0.5) is 13.2 Å². The molecule has 11 nitrogen and oxygen atoms in total.